The number of anilines is 4. The number of carbonyl (C=O) groups is 1. The van der Waals surface area contributed by atoms with Crippen LogP contribution in [0.5, 0.6) is 0 Å². The first-order valence-electron chi connectivity index (χ1n) is 12.0. The maximum absolute atomic E-state index is 13.4. The number of amides is 1. The van der Waals surface area contributed by atoms with Crippen LogP contribution >= 0.6 is 11.3 Å². The third kappa shape index (κ3) is 6.12. The lowest BCUT2D eigenvalue weighted by atomic mass is 10.2. The highest BCUT2D eigenvalue weighted by molar-refractivity contribution is 7.14. The molecule has 2 atom stereocenters. The molecule has 4 heterocycles. The molecule has 13 nitrogen and oxygen atoms in total. The molecule has 5 rings (SSSR count). The molecule has 198 valence electrons. The Morgan fingerprint density at radius 1 is 1.24 bits per heavy atom. The van der Waals surface area contributed by atoms with Gasteiger partial charge in [-0.05, 0) is 18.9 Å². The summed E-state index contributed by atoms with van der Waals surface area (Å²) in [5.41, 5.74) is 4.13. The van der Waals surface area contributed by atoms with Crippen LogP contribution in [0.2, 0.25) is 0 Å². The van der Waals surface area contributed by atoms with E-state index in [1.165, 1.54) is 0 Å². The molecule has 0 bridgehead atoms. The van der Waals surface area contributed by atoms with Gasteiger partial charge < -0.3 is 35.7 Å². The van der Waals surface area contributed by atoms with Crippen molar-refractivity contribution in [1.82, 2.24) is 25.4 Å². The van der Waals surface area contributed by atoms with Gasteiger partial charge in [0, 0.05) is 43.4 Å². The molecule has 2 aliphatic heterocycles. The highest BCUT2D eigenvalue weighted by Gasteiger charge is 2.38. The molecule has 1 amide bonds. The number of rotatable bonds is 9. The Balaban J connectivity index is 1.42. The van der Waals surface area contributed by atoms with E-state index in [1.807, 2.05) is 11.0 Å². The van der Waals surface area contributed by atoms with Crippen molar-refractivity contribution in [3.05, 3.63) is 35.4 Å². The Labute approximate surface area is 216 Å². The van der Waals surface area contributed by atoms with Gasteiger partial charge in [-0.2, -0.15) is 19.3 Å². The van der Waals surface area contributed by atoms with Crippen molar-refractivity contribution in [2.45, 2.75) is 31.4 Å². The standard InChI is InChI=1S/C22H29FN10O3S/c1-12(8-15(31-24)13-2-3-13)26-19-28-20(32-4-6-36-7-5-32)30-21(29-19)33-11-14(34)9-16(33)18(35)27-22-25-10-17(23)37-22/h8,10,13-14,16,31,34H,1-7,9,11,24H2,(H,25,27,35)(H,26,28,29,30)/b15-8-/t14-,16-/m0/s1. The average Bonchev–Trinajstić information content (AvgIpc) is 3.54. The molecule has 2 saturated heterocycles. The predicted molar refractivity (Wildman–Crippen MR) is 136 cm³/mol. The largest absolute Gasteiger partial charge is 0.391 e. The van der Waals surface area contributed by atoms with Crippen LogP contribution in [0.25, 0.3) is 0 Å². The third-order valence-corrected chi connectivity index (χ3v) is 6.94. The Bertz CT molecular complexity index is 1180. The van der Waals surface area contributed by atoms with Crippen molar-refractivity contribution in [1.29, 1.82) is 0 Å². The van der Waals surface area contributed by atoms with Gasteiger partial charge in [-0.25, -0.2) is 4.98 Å². The topological polar surface area (TPSA) is 167 Å². The Morgan fingerprint density at radius 3 is 2.68 bits per heavy atom. The number of aliphatic hydroxyl groups is 1. The van der Waals surface area contributed by atoms with E-state index in [2.05, 4.69) is 42.6 Å². The number of thiazole rings is 1. The lowest BCUT2D eigenvalue weighted by molar-refractivity contribution is -0.117. The van der Waals surface area contributed by atoms with E-state index in [0.29, 0.717) is 43.9 Å². The van der Waals surface area contributed by atoms with Crippen LogP contribution < -0.4 is 31.7 Å². The summed E-state index contributed by atoms with van der Waals surface area (Å²) >= 11 is 0.726. The minimum atomic E-state index is -0.791. The van der Waals surface area contributed by atoms with Crippen molar-refractivity contribution in [3.63, 3.8) is 0 Å². The molecular weight excluding hydrogens is 503 g/mol. The van der Waals surface area contributed by atoms with Crippen molar-refractivity contribution in [2.75, 3.05) is 53.3 Å². The quantitative estimate of drug-likeness (QED) is 0.173. The van der Waals surface area contributed by atoms with Gasteiger partial charge in [0.15, 0.2) is 10.3 Å². The molecule has 3 fully saturated rings. The number of allylic oxidation sites excluding steroid dienone is 2. The first-order chi connectivity index (χ1) is 17.9. The summed E-state index contributed by atoms with van der Waals surface area (Å²) < 4.78 is 18.8. The van der Waals surface area contributed by atoms with Crippen LogP contribution in [0.1, 0.15) is 19.3 Å². The van der Waals surface area contributed by atoms with Crippen LogP contribution in [-0.2, 0) is 9.53 Å². The zero-order chi connectivity index (χ0) is 25.9. The first kappa shape index (κ1) is 25.3. The number of ether oxygens (including phenoxy) is 1. The molecule has 0 radical (unpaired) electrons. The number of nitrogens with one attached hydrogen (secondary N) is 3. The number of aromatic nitrogens is 4. The summed E-state index contributed by atoms with van der Waals surface area (Å²) in [7, 11) is 0. The Morgan fingerprint density at radius 2 is 2.00 bits per heavy atom. The Hall–Kier alpha value is -3.40. The molecule has 2 aromatic heterocycles. The van der Waals surface area contributed by atoms with Crippen LogP contribution in [0, 0.1) is 11.0 Å². The third-order valence-electron chi connectivity index (χ3n) is 6.24. The van der Waals surface area contributed by atoms with Crippen molar-refractivity contribution in [2.24, 2.45) is 11.8 Å². The van der Waals surface area contributed by atoms with Gasteiger partial charge in [-0.1, -0.05) is 17.9 Å². The van der Waals surface area contributed by atoms with Crippen molar-refractivity contribution < 1.29 is 19.0 Å². The number of aliphatic hydroxyl groups excluding tert-OH is 1. The molecule has 15 heteroatoms. The number of morpholine rings is 1. The lowest BCUT2D eigenvalue weighted by Gasteiger charge is -2.29. The summed E-state index contributed by atoms with van der Waals surface area (Å²) in [5.74, 6) is 6.47. The van der Waals surface area contributed by atoms with E-state index in [0.717, 1.165) is 36.1 Å². The van der Waals surface area contributed by atoms with Gasteiger partial charge in [-0.15, -0.1) is 0 Å². The highest BCUT2D eigenvalue weighted by atomic mass is 32.1. The van der Waals surface area contributed by atoms with Crippen LogP contribution in [0.15, 0.2) is 30.2 Å². The van der Waals surface area contributed by atoms with Crippen LogP contribution in [-0.4, -0.2) is 75.9 Å². The first-order valence-corrected chi connectivity index (χ1v) is 12.8. The summed E-state index contributed by atoms with van der Waals surface area (Å²) in [6, 6.07) is -0.791. The van der Waals surface area contributed by atoms with E-state index in [9.17, 15) is 14.3 Å². The molecular formula is C22H29FN10O3S. The molecule has 0 aromatic carbocycles. The van der Waals surface area contributed by atoms with Crippen LogP contribution in [0.4, 0.5) is 27.4 Å². The number of β-amino-alcohol motifs (C(OH)–C–C–N with tert-alkyl or cyclic N) is 1. The minimum absolute atomic E-state index is 0.138. The fraction of sp³-hybridized carbons (Fsp3) is 0.500. The van der Waals surface area contributed by atoms with Gasteiger partial charge in [0.05, 0.1) is 25.5 Å². The van der Waals surface area contributed by atoms with Gasteiger partial charge in [0.2, 0.25) is 23.8 Å². The monoisotopic (exact) mass is 532 g/mol. The summed E-state index contributed by atoms with van der Waals surface area (Å²) in [5, 5.41) is 15.8. The van der Waals surface area contributed by atoms with E-state index in [-0.39, 0.29) is 30.0 Å². The zero-order valence-corrected chi connectivity index (χ0v) is 20.9. The van der Waals surface area contributed by atoms with Gasteiger partial charge in [-0.3, -0.25) is 10.6 Å². The van der Waals surface area contributed by atoms with Crippen molar-refractivity contribution in [3.8, 4) is 0 Å². The predicted octanol–water partition coefficient (Wildman–Crippen LogP) is 0.565. The minimum Gasteiger partial charge on any atom is -0.391 e. The molecule has 1 saturated carbocycles. The SMILES string of the molecule is C=C(/C=C(\NN)C1CC1)Nc1nc(N2CCOCC2)nc(N2C[C@@H](O)C[C@H]2C(=O)Nc2ncc(F)s2)n1. The van der Waals surface area contributed by atoms with Crippen molar-refractivity contribution >= 4 is 40.2 Å². The molecule has 2 aromatic rings. The second kappa shape index (κ2) is 10.9. The molecule has 0 unspecified atom stereocenters. The smallest absolute Gasteiger partial charge is 0.249 e. The molecule has 1 aliphatic carbocycles. The van der Waals surface area contributed by atoms with Gasteiger partial charge >= 0.3 is 0 Å². The normalized spacial score (nSPS) is 22.2. The second-order valence-corrected chi connectivity index (χ2v) is 10.0. The molecule has 0 spiro atoms. The summed E-state index contributed by atoms with van der Waals surface area (Å²) in [6.45, 7) is 6.44. The number of hydrogen-bond donors (Lipinski definition) is 5. The lowest BCUT2D eigenvalue weighted by Crippen LogP contribution is -2.42. The summed E-state index contributed by atoms with van der Waals surface area (Å²) in [6.07, 6.45) is 4.36. The fourth-order valence-corrected chi connectivity index (χ4v) is 4.81. The van der Waals surface area contributed by atoms with Gasteiger partial charge in [0.1, 0.15) is 6.04 Å². The number of carbonyl (C=O) groups excluding carboxylic acids is 1. The van der Waals surface area contributed by atoms with E-state index < -0.39 is 23.2 Å². The molecule has 3 aliphatic rings. The molecule has 37 heavy (non-hydrogen) atoms. The van der Waals surface area contributed by atoms with Crippen LogP contribution in [0.3, 0.4) is 0 Å². The number of hydrazine groups is 1. The number of nitrogens with two attached hydrogens (primary N) is 1. The number of halogens is 1. The number of hydrogen-bond acceptors (Lipinski definition) is 13. The second-order valence-electron chi connectivity index (χ2n) is 9.04. The highest BCUT2D eigenvalue weighted by Crippen LogP contribution is 2.35. The van der Waals surface area contributed by atoms with E-state index in [4.69, 9.17) is 10.6 Å². The fourth-order valence-electron chi connectivity index (χ4n) is 4.27. The average molecular weight is 533 g/mol. The molecule has 6 N–H and O–H groups in total. The van der Waals surface area contributed by atoms with Gasteiger partial charge in [0.25, 0.3) is 0 Å². The summed E-state index contributed by atoms with van der Waals surface area (Å²) in [4.78, 5) is 34.2. The Kier molecular flexibility index (Phi) is 7.45. The van der Waals surface area contributed by atoms with E-state index >= 15 is 0 Å². The number of nitrogens with zero attached hydrogens (tertiary/aromatic N) is 6. The maximum atomic E-state index is 13.4. The zero-order valence-electron chi connectivity index (χ0n) is 20.1. The van der Waals surface area contributed by atoms with E-state index in [1.54, 1.807) is 4.90 Å². The maximum Gasteiger partial charge on any atom is 0.249 e.